The molecule has 0 aliphatic heterocycles. The SMILES string of the molecule is CCNc1c(F)cc(C(=O)N(CC)CCO)cc1F. The molecule has 0 spiro atoms. The predicted octanol–water partition coefficient (Wildman–Crippen LogP) is 1.85. The number of likely N-dealkylation sites (N-methyl/N-ethyl adjacent to an activating group) is 1. The van der Waals surface area contributed by atoms with Gasteiger partial charge in [-0.1, -0.05) is 0 Å². The van der Waals surface area contributed by atoms with Gasteiger partial charge in [0.05, 0.1) is 6.61 Å². The molecule has 19 heavy (non-hydrogen) atoms. The first-order valence-electron chi connectivity index (χ1n) is 6.18. The fourth-order valence-corrected chi connectivity index (χ4v) is 1.75. The monoisotopic (exact) mass is 272 g/mol. The fraction of sp³-hybridized carbons (Fsp3) is 0.462. The van der Waals surface area contributed by atoms with E-state index in [1.807, 2.05) is 0 Å². The molecule has 4 nitrogen and oxygen atoms in total. The Hall–Kier alpha value is -1.69. The third kappa shape index (κ3) is 3.64. The molecule has 0 fully saturated rings. The summed E-state index contributed by atoms with van der Waals surface area (Å²) in [5.74, 6) is -2.10. The summed E-state index contributed by atoms with van der Waals surface area (Å²) in [5.41, 5.74) is -0.295. The average molecular weight is 272 g/mol. The minimum atomic E-state index is -0.801. The van der Waals surface area contributed by atoms with Gasteiger partial charge in [-0.3, -0.25) is 4.79 Å². The maximum absolute atomic E-state index is 13.7. The van der Waals surface area contributed by atoms with E-state index in [0.717, 1.165) is 12.1 Å². The molecule has 106 valence electrons. The van der Waals surface area contributed by atoms with Gasteiger partial charge in [-0.15, -0.1) is 0 Å². The lowest BCUT2D eigenvalue weighted by molar-refractivity contribution is 0.0731. The van der Waals surface area contributed by atoms with E-state index in [1.165, 1.54) is 4.90 Å². The van der Waals surface area contributed by atoms with Gasteiger partial charge in [0.15, 0.2) is 0 Å². The van der Waals surface area contributed by atoms with Crippen molar-refractivity contribution in [2.45, 2.75) is 13.8 Å². The normalized spacial score (nSPS) is 10.4. The molecular formula is C13H18F2N2O2. The van der Waals surface area contributed by atoms with Gasteiger partial charge in [-0.25, -0.2) is 8.78 Å². The van der Waals surface area contributed by atoms with Gasteiger partial charge in [0.25, 0.3) is 5.91 Å². The molecule has 0 aromatic heterocycles. The van der Waals surface area contributed by atoms with E-state index in [-0.39, 0.29) is 24.4 Å². The lowest BCUT2D eigenvalue weighted by Crippen LogP contribution is -2.33. The number of benzene rings is 1. The van der Waals surface area contributed by atoms with Crippen molar-refractivity contribution in [3.8, 4) is 0 Å². The van der Waals surface area contributed by atoms with Crippen LogP contribution in [0.5, 0.6) is 0 Å². The fourth-order valence-electron chi connectivity index (χ4n) is 1.75. The van der Waals surface area contributed by atoms with Crippen molar-refractivity contribution >= 4 is 11.6 Å². The first kappa shape index (κ1) is 15.4. The number of nitrogens with zero attached hydrogens (tertiary/aromatic N) is 1. The quantitative estimate of drug-likeness (QED) is 0.831. The molecule has 0 saturated heterocycles. The molecule has 0 unspecified atom stereocenters. The standard InChI is InChI=1S/C13H18F2N2O2/c1-3-16-12-10(14)7-9(8-11(12)15)13(19)17(4-2)5-6-18/h7-8,16,18H,3-6H2,1-2H3. The molecule has 0 aliphatic carbocycles. The van der Waals surface area contributed by atoms with Crippen molar-refractivity contribution in [1.82, 2.24) is 4.90 Å². The van der Waals surface area contributed by atoms with Crippen LogP contribution in [0, 0.1) is 11.6 Å². The largest absolute Gasteiger partial charge is 0.395 e. The van der Waals surface area contributed by atoms with Crippen LogP contribution in [-0.4, -0.2) is 42.2 Å². The smallest absolute Gasteiger partial charge is 0.254 e. The van der Waals surface area contributed by atoms with Crippen molar-refractivity contribution < 1.29 is 18.7 Å². The Kier molecular flexibility index (Phi) is 5.69. The molecule has 2 N–H and O–H groups in total. The molecule has 1 rings (SSSR count). The Bertz CT molecular complexity index is 429. The van der Waals surface area contributed by atoms with Crippen LogP contribution in [0.1, 0.15) is 24.2 Å². The topological polar surface area (TPSA) is 52.6 Å². The van der Waals surface area contributed by atoms with Crippen LogP contribution in [0.2, 0.25) is 0 Å². The second kappa shape index (κ2) is 7.04. The molecule has 1 aromatic rings. The Labute approximate surface area is 111 Å². The molecule has 0 heterocycles. The van der Waals surface area contributed by atoms with Crippen molar-refractivity contribution in [3.05, 3.63) is 29.3 Å². The molecule has 0 atom stereocenters. The van der Waals surface area contributed by atoms with E-state index >= 15 is 0 Å². The van der Waals surface area contributed by atoms with Gasteiger partial charge in [-0.05, 0) is 26.0 Å². The second-order valence-electron chi connectivity index (χ2n) is 3.95. The minimum Gasteiger partial charge on any atom is -0.395 e. The van der Waals surface area contributed by atoms with Crippen LogP contribution >= 0.6 is 0 Å². The highest BCUT2D eigenvalue weighted by molar-refractivity contribution is 5.94. The van der Waals surface area contributed by atoms with Crippen molar-refractivity contribution in [2.75, 3.05) is 31.6 Å². The summed E-state index contributed by atoms with van der Waals surface area (Å²) in [6, 6.07) is 2.01. The number of halogens is 2. The number of hydrogen-bond acceptors (Lipinski definition) is 3. The summed E-state index contributed by atoms with van der Waals surface area (Å²) >= 11 is 0. The van der Waals surface area contributed by atoms with Gasteiger partial charge < -0.3 is 15.3 Å². The highest BCUT2D eigenvalue weighted by atomic mass is 19.1. The second-order valence-corrected chi connectivity index (χ2v) is 3.95. The van der Waals surface area contributed by atoms with Gasteiger partial charge in [-0.2, -0.15) is 0 Å². The Morgan fingerprint density at radius 1 is 1.32 bits per heavy atom. The number of amides is 1. The maximum Gasteiger partial charge on any atom is 0.254 e. The lowest BCUT2D eigenvalue weighted by atomic mass is 10.1. The number of rotatable bonds is 6. The lowest BCUT2D eigenvalue weighted by Gasteiger charge is -2.20. The zero-order chi connectivity index (χ0) is 14.4. The molecule has 1 amide bonds. The molecule has 0 bridgehead atoms. The Morgan fingerprint density at radius 2 is 1.89 bits per heavy atom. The molecule has 1 aromatic carbocycles. The summed E-state index contributed by atoms with van der Waals surface area (Å²) in [5, 5.41) is 11.4. The van der Waals surface area contributed by atoms with Crippen LogP contribution in [0.25, 0.3) is 0 Å². The van der Waals surface area contributed by atoms with Gasteiger partial charge in [0.2, 0.25) is 0 Å². The van der Waals surface area contributed by atoms with E-state index in [0.29, 0.717) is 13.1 Å². The molecule has 6 heteroatoms. The Morgan fingerprint density at radius 3 is 2.32 bits per heavy atom. The van der Waals surface area contributed by atoms with Crippen LogP contribution in [0.15, 0.2) is 12.1 Å². The zero-order valence-electron chi connectivity index (χ0n) is 11.0. The third-order valence-corrected chi connectivity index (χ3v) is 2.68. The molecule has 0 saturated carbocycles. The van der Waals surface area contributed by atoms with Crippen LogP contribution in [0.4, 0.5) is 14.5 Å². The molecule has 0 aliphatic rings. The van der Waals surface area contributed by atoms with Crippen LogP contribution < -0.4 is 5.32 Å². The number of aliphatic hydroxyl groups is 1. The number of anilines is 1. The van der Waals surface area contributed by atoms with E-state index in [9.17, 15) is 13.6 Å². The average Bonchev–Trinajstić information content (AvgIpc) is 2.39. The minimum absolute atomic E-state index is 0.0630. The van der Waals surface area contributed by atoms with Gasteiger partial charge in [0, 0.05) is 25.2 Å². The Balaban J connectivity index is 3.05. The summed E-state index contributed by atoms with van der Waals surface area (Å²) in [6.07, 6.45) is 0. The van der Waals surface area contributed by atoms with Crippen molar-refractivity contribution in [1.29, 1.82) is 0 Å². The van der Waals surface area contributed by atoms with Crippen LogP contribution in [-0.2, 0) is 0 Å². The van der Waals surface area contributed by atoms with Gasteiger partial charge >= 0.3 is 0 Å². The molecular weight excluding hydrogens is 254 g/mol. The summed E-state index contributed by atoms with van der Waals surface area (Å²) in [6.45, 7) is 4.13. The highest BCUT2D eigenvalue weighted by Gasteiger charge is 2.18. The number of hydrogen-bond donors (Lipinski definition) is 2. The highest BCUT2D eigenvalue weighted by Crippen LogP contribution is 2.21. The van der Waals surface area contributed by atoms with Crippen molar-refractivity contribution in [2.24, 2.45) is 0 Å². The van der Waals surface area contributed by atoms with Gasteiger partial charge in [0.1, 0.15) is 17.3 Å². The van der Waals surface area contributed by atoms with Crippen LogP contribution in [0.3, 0.4) is 0 Å². The van der Waals surface area contributed by atoms with E-state index in [2.05, 4.69) is 5.32 Å². The zero-order valence-corrected chi connectivity index (χ0v) is 11.0. The number of carbonyl (C=O) groups is 1. The number of nitrogens with one attached hydrogen (secondary N) is 1. The third-order valence-electron chi connectivity index (χ3n) is 2.68. The summed E-state index contributed by atoms with van der Waals surface area (Å²) in [7, 11) is 0. The summed E-state index contributed by atoms with van der Waals surface area (Å²) < 4.78 is 27.4. The maximum atomic E-state index is 13.7. The van der Waals surface area contributed by atoms with E-state index in [4.69, 9.17) is 5.11 Å². The number of carbonyl (C=O) groups excluding carboxylic acids is 1. The van der Waals surface area contributed by atoms with E-state index < -0.39 is 17.5 Å². The van der Waals surface area contributed by atoms with Crippen molar-refractivity contribution in [3.63, 3.8) is 0 Å². The molecule has 0 radical (unpaired) electrons. The first-order chi connectivity index (χ1) is 9.04. The first-order valence-corrected chi connectivity index (χ1v) is 6.18. The van der Waals surface area contributed by atoms with E-state index in [1.54, 1.807) is 13.8 Å². The number of aliphatic hydroxyl groups excluding tert-OH is 1. The predicted molar refractivity (Wildman–Crippen MR) is 69.2 cm³/mol. The summed E-state index contributed by atoms with van der Waals surface area (Å²) in [4.78, 5) is 13.3.